The van der Waals surface area contributed by atoms with Crippen molar-refractivity contribution in [3.8, 4) is 0 Å². The van der Waals surface area contributed by atoms with Gasteiger partial charge in [0.05, 0.1) is 12.4 Å². The minimum absolute atomic E-state index is 0.0803. The molecule has 0 amide bonds. The molecule has 0 aliphatic carbocycles. The zero-order valence-corrected chi connectivity index (χ0v) is 11.5. The highest BCUT2D eigenvalue weighted by Crippen LogP contribution is 2.16. The van der Waals surface area contributed by atoms with E-state index in [1.54, 1.807) is 24.7 Å². The summed E-state index contributed by atoms with van der Waals surface area (Å²) in [6.45, 7) is 3.62. The van der Waals surface area contributed by atoms with E-state index in [0.717, 1.165) is 25.1 Å². The van der Waals surface area contributed by atoms with Crippen LogP contribution in [-0.2, 0) is 6.54 Å². The van der Waals surface area contributed by atoms with Gasteiger partial charge in [0.25, 0.3) is 0 Å². The highest BCUT2D eigenvalue weighted by atomic mass is 19.1. The van der Waals surface area contributed by atoms with Crippen LogP contribution in [0.15, 0.2) is 43.0 Å². The molecule has 4 nitrogen and oxygen atoms in total. The molecule has 0 aliphatic rings. The van der Waals surface area contributed by atoms with Crippen LogP contribution < -0.4 is 5.32 Å². The van der Waals surface area contributed by atoms with E-state index in [0.29, 0.717) is 0 Å². The minimum atomic E-state index is -0.635. The molecule has 0 saturated heterocycles. The van der Waals surface area contributed by atoms with Crippen molar-refractivity contribution in [1.29, 1.82) is 0 Å². The molecule has 1 aromatic carbocycles. The van der Waals surface area contributed by atoms with Crippen LogP contribution in [-0.4, -0.2) is 27.2 Å². The molecule has 108 valence electrons. The average molecular weight is 277 g/mol. The average Bonchev–Trinajstić information content (AvgIpc) is 2.96. The first-order valence-corrected chi connectivity index (χ1v) is 6.79. The second kappa shape index (κ2) is 7.17. The molecule has 2 unspecified atom stereocenters. The molecule has 0 fully saturated rings. The number of aliphatic hydroxyl groups is 1. The zero-order chi connectivity index (χ0) is 14.4. The lowest BCUT2D eigenvalue weighted by atomic mass is 10.0. The van der Waals surface area contributed by atoms with Crippen molar-refractivity contribution in [2.45, 2.75) is 32.0 Å². The number of aliphatic hydroxyl groups excluding tert-OH is 1. The second-order valence-corrected chi connectivity index (χ2v) is 4.89. The molecule has 2 N–H and O–H groups in total. The third kappa shape index (κ3) is 4.15. The predicted octanol–water partition coefficient (Wildman–Crippen LogP) is 2.12. The maximum atomic E-state index is 12.8. The van der Waals surface area contributed by atoms with Crippen LogP contribution >= 0.6 is 0 Å². The van der Waals surface area contributed by atoms with Gasteiger partial charge < -0.3 is 15.0 Å². The molecule has 0 aliphatic heterocycles. The molecule has 2 rings (SSSR count). The molecular formula is C15H20FN3O. The summed E-state index contributed by atoms with van der Waals surface area (Å²) in [5.41, 5.74) is 0.723. The van der Waals surface area contributed by atoms with Gasteiger partial charge in [-0.1, -0.05) is 12.1 Å². The van der Waals surface area contributed by atoms with E-state index in [-0.39, 0.29) is 11.9 Å². The summed E-state index contributed by atoms with van der Waals surface area (Å²) in [7, 11) is 0. The maximum Gasteiger partial charge on any atom is 0.123 e. The fourth-order valence-corrected chi connectivity index (χ4v) is 2.07. The largest absolute Gasteiger partial charge is 0.387 e. The highest BCUT2D eigenvalue weighted by Gasteiger charge is 2.15. The Hall–Kier alpha value is -1.72. The Kier molecular flexibility index (Phi) is 5.26. The maximum absolute atomic E-state index is 12.8. The summed E-state index contributed by atoms with van der Waals surface area (Å²) in [6, 6.07) is 5.88. The fraction of sp³-hybridized carbons (Fsp3) is 0.400. The van der Waals surface area contributed by atoms with E-state index in [9.17, 15) is 9.50 Å². The molecule has 20 heavy (non-hydrogen) atoms. The lowest BCUT2D eigenvalue weighted by Gasteiger charge is -2.20. The van der Waals surface area contributed by atoms with Gasteiger partial charge in [-0.15, -0.1) is 0 Å². The van der Waals surface area contributed by atoms with E-state index in [4.69, 9.17) is 0 Å². The van der Waals surface area contributed by atoms with Crippen LogP contribution in [0.1, 0.15) is 25.0 Å². The highest BCUT2D eigenvalue weighted by molar-refractivity contribution is 5.19. The Labute approximate surface area is 118 Å². The molecule has 1 aromatic heterocycles. The van der Waals surface area contributed by atoms with Gasteiger partial charge in [-0.05, 0) is 37.6 Å². The van der Waals surface area contributed by atoms with Gasteiger partial charge in [-0.2, -0.15) is 0 Å². The van der Waals surface area contributed by atoms with E-state index in [2.05, 4.69) is 10.3 Å². The van der Waals surface area contributed by atoms with Crippen LogP contribution in [0, 0.1) is 5.82 Å². The van der Waals surface area contributed by atoms with Crippen LogP contribution in [0.25, 0.3) is 0 Å². The smallest absolute Gasteiger partial charge is 0.123 e. The number of hydrogen-bond acceptors (Lipinski definition) is 3. The summed E-state index contributed by atoms with van der Waals surface area (Å²) < 4.78 is 14.8. The first kappa shape index (κ1) is 14.7. The number of aromatic nitrogens is 2. The van der Waals surface area contributed by atoms with Gasteiger partial charge in [0, 0.05) is 25.0 Å². The third-order valence-corrected chi connectivity index (χ3v) is 3.30. The van der Waals surface area contributed by atoms with Gasteiger partial charge in [0.1, 0.15) is 5.82 Å². The van der Waals surface area contributed by atoms with Crippen molar-refractivity contribution in [3.05, 3.63) is 54.4 Å². The van der Waals surface area contributed by atoms with Gasteiger partial charge >= 0.3 is 0 Å². The first-order chi connectivity index (χ1) is 9.66. The number of aryl methyl sites for hydroxylation is 1. The molecule has 0 radical (unpaired) electrons. The normalized spacial score (nSPS) is 14.2. The van der Waals surface area contributed by atoms with Crippen molar-refractivity contribution in [2.75, 3.05) is 6.54 Å². The zero-order valence-electron chi connectivity index (χ0n) is 11.5. The number of hydrogen-bond donors (Lipinski definition) is 2. The number of nitrogens with one attached hydrogen (secondary N) is 1. The summed E-state index contributed by atoms with van der Waals surface area (Å²) in [4.78, 5) is 3.98. The number of halogens is 1. The van der Waals surface area contributed by atoms with E-state index < -0.39 is 6.10 Å². The Bertz CT molecular complexity index is 498. The second-order valence-electron chi connectivity index (χ2n) is 4.89. The number of rotatable bonds is 7. The Morgan fingerprint density at radius 1 is 1.35 bits per heavy atom. The van der Waals surface area contributed by atoms with Crippen LogP contribution in [0.4, 0.5) is 4.39 Å². The summed E-state index contributed by atoms with van der Waals surface area (Å²) in [6.07, 6.45) is 5.79. The summed E-state index contributed by atoms with van der Waals surface area (Å²) >= 11 is 0. The van der Waals surface area contributed by atoms with Crippen molar-refractivity contribution in [1.82, 2.24) is 14.9 Å². The SMILES string of the molecule is CC(NCCCn1ccnc1)C(O)c1ccc(F)cc1. The predicted molar refractivity (Wildman–Crippen MR) is 75.7 cm³/mol. The molecular weight excluding hydrogens is 257 g/mol. The topological polar surface area (TPSA) is 50.1 Å². The van der Waals surface area contributed by atoms with Crippen LogP contribution in [0.5, 0.6) is 0 Å². The fourth-order valence-electron chi connectivity index (χ4n) is 2.07. The van der Waals surface area contributed by atoms with Crippen LogP contribution in [0.2, 0.25) is 0 Å². The summed E-state index contributed by atoms with van der Waals surface area (Å²) in [5.74, 6) is -0.290. The monoisotopic (exact) mass is 277 g/mol. The number of benzene rings is 1. The van der Waals surface area contributed by atoms with Gasteiger partial charge in [0.15, 0.2) is 0 Å². The Morgan fingerprint density at radius 2 is 2.10 bits per heavy atom. The van der Waals surface area contributed by atoms with Gasteiger partial charge in [-0.25, -0.2) is 9.37 Å². The molecule has 5 heteroatoms. The number of nitrogens with zero attached hydrogens (tertiary/aromatic N) is 2. The van der Waals surface area contributed by atoms with Crippen molar-refractivity contribution in [2.24, 2.45) is 0 Å². The Balaban J connectivity index is 1.73. The Morgan fingerprint density at radius 3 is 2.75 bits per heavy atom. The van der Waals surface area contributed by atoms with Crippen molar-refractivity contribution in [3.63, 3.8) is 0 Å². The minimum Gasteiger partial charge on any atom is -0.387 e. The quantitative estimate of drug-likeness (QED) is 0.762. The first-order valence-electron chi connectivity index (χ1n) is 6.79. The molecule has 0 saturated carbocycles. The molecule has 0 bridgehead atoms. The van der Waals surface area contributed by atoms with Crippen LogP contribution in [0.3, 0.4) is 0 Å². The molecule has 0 spiro atoms. The standard InChI is InChI=1S/C15H20FN3O/c1-12(15(20)13-3-5-14(16)6-4-13)18-7-2-9-19-10-8-17-11-19/h3-6,8,10-12,15,18,20H,2,7,9H2,1H3. The van der Waals surface area contributed by atoms with Crippen molar-refractivity contribution < 1.29 is 9.50 Å². The third-order valence-electron chi connectivity index (χ3n) is 3.30. The van der Waals surface area contributed by atoms with E-state index >= 15 is 0 Å². The summed E-state index contributed by atoms with van der Waals surface area (Å²) in [5, 5.41) is 13.4. The molecule has 2 atom stereocenters. The van der Waals surface area contributed by atoms with Gasteiger partial charge in [-0.3, -0.25) is 0 Å². The molecule has 2 aromatic rings. The molecule has 1 heterocycles. The van der Waals surface area contributed by atoms with Crippen molar-refractivity contribution >= 4 is 0 Å². The van der Waals surface area contributed by atoms with Gasteiger partial charge in [0.2, 0.25) is 0 Å². The van der Waals surface area contributed by atoms with E-state index in [1.165, 1.54) is 12.1 Å². The van der Waals surface area contributed by atoms with E-state index in [1.807, 2.05) is 17.7 Å². The number of imidazole rings is 1. The lowest BCUT2D eigenvalue weighted by Crippen LogP contribution is -2.33. The lowest BCUT2D eigenvalue weighted by molar-refractivity contribution is 0.136.